The summed E-state index contributed by atoms with van der Waals surface area (Å²) in [4.78, 5) is 14.8. The summed E-state index contributed by atoms with van der Waals surface area (Å²) in [6, 6.07) is -0.282. The lowest BCUT2D eigenvalue weighted by molar-refractivity contribution is 0.180. The number of nitrogens with zero attached hydrogens (tertiary/aromatic N) is 4. The zero-order valence-corrected chi connectivity index (χ0v) is 11.2. The minimum atomic E-state index is -0.894. The fourth-order valence-corrected chi connectivity index (χ4v) is 2.85. The molecule has 0 bridgehead atoms. The van der Waals surface area contributed by atoms with Crippen LogP contribution in [-0.4, -0.2) is 51.4 Å². The maximum Gasteiger partial charge on any atom is 0.329 e. The molecular weight excluding hydrogens is 276 g/mol. The van der Waals surface area contributed by atoms with Gasteiger partial charge in [0.1, 0.15) is 5.01 Å². The highest BCUT2D eigenvalue weighted by atomic mass is 35.5. The molecule has 2 rings (SSSR count). The number of amides is 2. The summed E-state index contributed by atoms with van der Waals surface area (Å²) in [5.41, 5.74) is 0. The van der Waals surface area contributed by atoms with E-state index in [1.54, 1.807) is 6.08 Å². The van der Waals surface area contributed by atoms with E-state index in [2.05, 4.69) is 16.8 Å². The molecule has 1 atom stereocenters. The number of urea groups is 1. The third-order valence-electron chi connectivity index (χ3n) is 2.48. The quantitative estimate of drug-likeness (QED) is 0.650. The van der Waals surface area contributed by atoms with E-state index in [1.807, 2.05) is 0 Å². The van der Waals surface area contributed by atoms with Gasteiger partial charge in [-0.2, -0.15) is 0 Å². The third-order valence-corrected chi connectivity index (χ3v) is 3.65. The van der Waals surface area contributed by atoms with E-state index in [4.69, 9.17) is 11.6 Å². The number of alkyl halides is 1. The minimum absolute atomic E-state index is 0.245. The van der Waals surface area contributed by atoms with Crippen LogP contribution in [0, 0.1) is 0 Å². The number of anilines is 1. The lowest BCUT2D eigenvalue weighted by Gasteiger charge is -2.15. The van der Waals surface area contributed by atoms with Gasteiger partial charge in [-0.1, -0.05) is 17.4 Å². The molecule has 1 aromatic heterocycles. The topological polar surface area (TPSA) is 69.6 Å². The first-order valence-electron chi connectivity index (χ1n) is 5.42. The SMILES string of the molecule is C=CCN1CC(O)N(c2nnc(CCCl)s2)C1=O. The summed E-state index contributed by atoms with van der Waals surface area (Å²) in [5, 5.41) is 18.9. The first kappa shape index (κ1) is 13.3. The Kier molecular flexibility index (Phi) is 4.15. The summed E-state index contributed by atoms with van der Waals surface area (Å²) >= 11 is 6.88. The molecule has 0 spiro atoms. The zero-order valence-electron chi connectivity index (χ0n) is 9.62. The van der Waals surface area contributed by atoms with Gasteiger partial charge < -0.3 is 10.0 Å². The highest BCUT2D eigenvalue weighted by Crippen LogP contribution is 2.27. The summed E-state index contributed by atoms with van der Waals surface area (Å²) < 4.78 is 0. The van der Waals surface area contributed by atoms with Gasteiger partial charge >= 0.3 is 6.03 Å². The average Bonchev–Trinajstić information content (AvgIpc) is 2.87. The maximum atomic E-state index is 12.0. The van der Waals surface area contributed by atoms with Crippen LogP contribution in [0.25, 0.3) is 0 Å². The molecule has 1 fully saturated rings. The Morgan fingerprint density at radius 2 is 2.39 bits per heavy atom. The van der Waals surface area contributed by atoms with Crippen LogP contribution >= 0.6 is 22.9 Å². The van der Waals surface area contributed by atoms with Gasteiger partial charge in [-0.15, -0.1) is 28.4 Å². The van der Waals surface area contributed by atoms with E-state index in [1.165, 1.54) is 21.1 Å². The second-order valence-corrected chi connectivity index (χ2v) is 5.16. The van der Waals surface area contributed by atoms with Crippen molar-refractivity contribution in [3.63, 3.8) is 0 Å². The molecule has 0 radical (unpaired) electrons. The number of hydrogen-bond acceptors (Lipinski definition) is 5. The first-order chi connectivity index (χ1) is 8.67. The summed E-state index contributed by atoms with van der Waals surface area (Å²) in [6.07, 6.45) is 1.33. The third kappa shape index (κ3) is 2.47. The van der Waals surface area contributed by atoms with Crippen molar-refractivity contribution in [1.29, 1.82) is 0 Å². The molecular formula is C10H13ClN4O2S. The van der Waals surface area contributed by atoms with Gasteiger partial charge in [0.25, 0.3) is 0 Å². The van der Waals surface area contributed by atoms with E-state index in [-0.39, 0.29) is 12.6 Å². The number of halogens is 1. The Bertz CT molecular complexity index is 453. The Morgan fingerprint density at radius 3 is 3.06 bits per heavy atom. The van der Waals surface area contributed by atoms with E-state index >= 15 is 0 Å². The number of aryl methyl sites for hydroxylation is 1. The highest BCUT2D eigenvalue weighted by Gasteiger charge is 2.38. The van der Waals surface area contributed by atoms with Gasteiger partial charge in [-0.05, 0) is 0 Å². The minimum Gasteiger partial charge on any atom is -0.371 e. The average molecular weight is 289 g/mol. The molecule has 1 unspecified atom stereocenters. The molecule has 2 heterocycles. The van der Waals surface area contributed by atoms with Gasteiger partial charge in [0.15, 0.2) is 6.23 Å². The molecule has 0 saturated carbocycles. The summed E-state index contributed by atoms with van der Waals surface area (Å²) in [6.45, 7) is 4.22. The van der Waals surface area contributed by atoms with Gasteiger partial charge in [0.05, 0.1) is 6.54 Å². The molecule has 1 N–H and O–H groups in total. The van der Waals surface area contributed by atoms with Crippen molar-refractivity contribution in [2.45, 2.75) is 12.6 Å². The molecule has 6 nitrogen and oxygen atoms in total. The molecule has 0 aliphatic carbocycles. The summed E-state index contributed by atoms with van der Waals surface area (Å²) in [7, 11) is 0. The van der Waals surface area contributed by atoms with Crippen LogP contribution in [0.4, 0.5) is 9.93 Å². The van der Waals surface area contributed by atoms with Crippen LogP contribution in [0.5, 0.6) is 0 Å². The lowest BCUT2D eigenvalue weighted by Crippen LogP contribution is -2.34. The van der Waals surface area contributed by atoms with Crippen LogP contribution in [0.15, 0.2) is 12.7 Å². The monoisotopic (exact) mass is 288 g/mol. The second kappa shape index (κ2) is 5.64. The number of hydrogen-bond donors (Lipinski definition) is 1. The van der Waals surface area contributed by atoms with Crippen LogP contribution in [0.2, 0.25) is 0 Å². The van der Waals surface area contributed by atoms with E-state index < -0.39 is 6.23 Å². The Balaban J connectivity index is 2.16. The molecule has 1 aliphatic rings. The van der Waals surface area contributed by atoms with E-state index in [0.717, 1.165) is 5.01 Å². The molecule has 2 amide bonds. The number of carbonyl (C=O) groups excluding carboxylic acids is 1. The van der Waals surface area contributed by atoms with Gasteiger partial charge in [-0.25, -0.2) is 9.69 Å². The smallest absolute Gasteiger partial charge is 0.329 e. The standard InChI is InChI=1S/C10H13ClN4O2S/c1-2-5-14-6-8(16)15(10(14)17)9-13-12-7(18-9)3-4-11/h2,8,16H,1,3-6H2. The highest BCUT2D eigenvalue weighted by molar-refractivity contribution is 7.15. The maximum absolute atomic E-state index is 12.0. The van der Waals surface area contributed by atoms with Crippen LogP contribution < -0.4 is 4.90 Å². The number of β-amino-alcohol motifs (C(OH)–C–C–N with tert-alkyl or cyclic N) is 1. The van der Waals surface area contributed by atoms with Crippen molar-refractivity contribution in [3.05, 3.63) is 17.7 Å². The summed E-state index contributed by atoms with van der Waals surface area (Å²) in [5.74, 6) is 0.452. The number of rotatable bonds is 5. The van der Waals surface area contributed by atoms with Crippen LogP contribution in [0.3, 0.4) is 0 Å². The van der Waals surface area contributed by atoms with Crippen molar-refractivity contribution in [2.24, 2.45) is 0 Å². The number of aromatic nitrogens is 2. The van der Waals surface area contributed by atoms with Crippen molar-refractivity contribution in [3.8, 4) is 0 Å². The van der Waals surface area contributed by atoms with Gasteiger partial charge in [-0.3, -0.25) is 0 Å². The Morgan fingerprint density at radius 1 is 1.61 bits per heavy atom. The number of aliphatic hydroxyl groups excluding tert-OH is 1. The molecule has 8 heteroatoms. The Labute approximate surface area is 113 Å². The zero-order chi connectivity index (χ0) is 13.1. The number of aliphatic hydroxyl groups is 1. The molecule has 1 aromatic rings. The van der Waals surface area contributed by atoms with Crippen molar-refractivity contribution < 1.29 is 9.90 Å². The fourth-order valence-electron chi connectivity index (χ4n) is 1.68. The molecule has 18 heavy (non-hydrogen) atoms. The first-order valence-corrected chi connectivity index (χ1v) is 6.78. The molecule has 0 aromatic carbocycles. The lowest BCUT2D eigenvalue weighted by atomic mass is 10.5. The van der Waals surface area contributed by atoms with Crippen molar-refractivity contribution in [2.75, 3.05) is 23.9 Å². The molecule has 98 valence electrons. The largest absolute Gasteiger partial charge is 0.371 e. The van der Waals surface area contributed by atoms with E-state index in [9.17, 15) is 9.90 Å². The normalized spacial score (nSPS) is 19.7. The van der Waals surface area contributed by atoms with Crippen LogP contribution in [-0.2, 0) is 6.42 Å². The molecule has 1 saturated heterocycles. The van der Waals surface area contributed by atoms with Crippen LogP contribution in [0.1, 0.15) is 5.01 Å². The predicted octanol–water partition coefficient (Wildman–Crippen LogP) is 1.07. The van der Waals surface area contributed by atoms with Crippen molar-refractivity contribution >= 4 is 34.1 Å². The van der Waals surface area contributed by atoms with E-state index in [0.29, 0.717) is 24.0 Å². The van der Waals surface area contributed by atoms with Gasteiger partial charge in [0.2, 0.25) is 5.13 Å². The fraction of sp³-hybridized carbons (Fsp3) is 0.500. The predicted molar refractivity (Wildman–Crippen MR) is 70.0 cm³/mol. The Hall–Kier alpha value is -1.18. The van der Waals surface area contributed by atoms with Gasteiger partial charge in [0, 0.05) is 18.8 Å². The molecule has 1 aliphatic heterocycles. The second-order valence-electron chi connectivity index (χ2n) is 3.74. The number of carbonyl (C=O) groups is 1. The van der Waals surface area contributed by atoms with Crippen molar-refractivity contribution in [1.82, 2.24) is 15.1 Å².